The first-order chi connectivity index (χ1) is 18.3. The lowest BCUT2D eigenvalue weighted by Crippen LogP contribution is -2.46. The second-order valence-electron chi connectivity index (χ2n) is 9.84. The molecule has 1 saturated carbocycles. The van der Waals surface area contributed by atoms with Gasteiger partial charge in [0.15, 0.2) is 11.6 Å². The second-order valence-corrected chi connectivity index (χ2v) is 9.84. The van der Waals surface area contributed by atoms with E-state index in [1.54, 1.807) is 54.6 Å². The molecule has 38 heavy (non-hydrogen) atoms. The summed E-state index contributed by atoms with van der Waals surface area (Å²) in [6, 6.07) is 4.55. The van der Waals surface area contributed by atoms with Crippen LogP contribution >= 0.6 is 0 Å². The van der Waals surface area contributed by atoms with Gasteiger partial charge in [0.2, 0.25) is 11.7 Å². The summed E-state index contributed by atoms with van der Waals surface area (Å²) in [5.41, 5.74) is 0.948. The third-order valence-electron chi connectivity index (χ3n) is 7.12. The molecular formula is C27H28N8O3. The van der Waals surface area contributed by atoms with Crippen LogP contribution in [0.2, 0.25) is 0 Å². The summed E-state index contributed by atoms with van der Waals surface area (Å²) in [5, 5.41) is 15.9. The molecule has 3 aromatic heterocycles. The van der Waals surface area contributed by atoms with E-state index in [4.69, 9.17) is 0 Å². The van der Waals surface area contributed by atoms with Gasteiger partial charge in [0.1, 0.15) is 23.8 Å². The van der Waals surface area contributed by atoms with Gasteiger partial charge >= 0.3 is 0 Å². The maximum Gasteiger partial charge on any atom is 0.245 e. The van der Waals surface area contributed by atoms with Crippen LogP contribution in [0.3, 0.4) is 0 Å². The molecule has 1 saturated heterocycles. The van der Waals surface area contributed by atoms with Crippen LogP contribution in [0.5, 0.6) is 0 Å². The molecule has 1 aliphatic carbocycles. The number of aliphatic imine (C=N–C) groups is 1. The zero-order valence-electron chi connectivity index (χ0n) is 21.5. The number of hydrogen-bond donors (Lipinski definition) is 1. The van der Waals surface area contributed by atoms with Crippen LogP contribution in [0, 0.1) is 5.41 Å². The van der Waals surface area contributed by atoms with Crippen molar-refractivity contribution >= 4 is 45.7 Å². The Kier molecular flexibility index (Phi) is 6.43. The van der Waals surface area contributed by atoms with E-state index in [1.807, 2.05) is 0 Å². The van der Waals surface area contributed by atoms with Crippen LogP contribution in [-0.2, 0) is 16.1 Å². The zero-order valence-corrected chi connectivity index (χ0v) is 21.5. The first-order valence-electron chi connectivity index (χ1n) is 12.3. The Balaban J connectivity index is 1.44. The van der Waals surface area contributed by atoms with Crippen molar-refractivity contribution in [2.45, 2.75) is 52.2 Å². The van der Waals surface area contributed by atoms with Gasteiger partial charge in [-0.3, -0.25) is 24.1 Å². The number of allylic oxidation sites excluding steroid dienone is 2. The third kappa shape index (κ3) is 4.51. The molecule has 4 heterocycles. The van der Waals surface area contributed by atoms with Crippen molar-refractivity contribution in [2.75, 3.05) is 5.32 Å². The molecule has 194 valence electrons. The molecule has 11 nitrogen and oxygen atoms in total. The summed E-state index contributed by atoms with van der Waals surface area (Å²) in [5.74, 6) is 0.276. The number of pyridine rings is 1. The van der Waals surface area contributed by atoms with Crippen LogP contribution in [-0.4, -0.2) is 65.1 Å². The minimum Gasteiger partial charge on any atom is -0.327 e. The lowest BCUT2D eigenvalue weighted by atomic mass is 9.97. The van der Waals surface area contributed by atoms with Crippen molar-refractivity contribution < 1.29 is 14.4 Å². The molecule has 0 spiro atoms. The first-order valence-corrected chi connectivity index (χ1v) is 12.3. The maximum atomic E-state index is 13.7. The fourth-order valence-corrected chi connectivity index (χ4v) is 5.21. The number of rotatable bonds is 9. The van der Waals surface area contributed by atoms with Crippen molar-refractivity contribution in [3.8, 4) is 0 Å². The van der Waals surface area contributed by atoms with Crippen molar-refractivity contribution in [1.82, 2.24) is 29.9 Å². The van der Waals surface area contributed by atoms with Gasteiger partial charge in [-0.2, -0.15) is 10.2 Å². The van der Waals surface area contributed by atoms with Crippen molar-refractivity contribution in [3.63, 3.8) is 0 Å². The molecule has 3 aromatic rings. The number of amides is 1. The quantitative estimate of drug-likeness (QED) is 0.341. The molecule has 1 amide bonds. The molecule has 1 aliphatic heterocycles. The highest BCUT2D eigenvalue weighted by atomic mass is 16.2. The summed E-state index contributed by atoms with van der Waals surface area (Å²) in [7, 11) is 0. The lowest BCUT2D eigenvalue weighted by molar-refractivity contribution is -0.137. The van der Waals surface area contributed by atoms with Crippen molar-refractivity contribution in [3.05, 3.63) is 61.2 Å². The fourth-order valence-electron chi connectivity index (χ4n) is 5.21. The van der Waals surface area contributed by atoms with Crippen LogP contribution in [0.4, 0.5) is 11.6 Å². The topological polar surface area (TPSA) is 135 Å². The molecule has 2 fully saturated rings. The minimum atomic E-state index is -0.615. The summed E-state index contributed by atoms with van der Waals surface area (Å²) >= 11 is 0. The van der Waals surface area contributed by atoms with Gasteiger partial charge in [0, 0.05) is 30.7 Å². The maximum absolute atomic E-state index is 13.7. The minimum absolute atomic E-state index is 0.0189. The number of nitrogens with one attached hydrogen (secondary N) is 1. The Morgan fingerprint density at radius 1 is 1.29 bits per heavy atom. The van der Waals surface area contributed by atoms with Crippen molar-refractivity contribution in [1.29, 1.82) is 0 Å². The van der Waals surface area contributed by atoms with E-state index >= 15 is 0 Å². The molecule has 5 rings (SSSR count). The van der Waals surface area contributed by atoms with E-state index in [-0.39, 0.29) is 46.9 Å². The van der Waals surface area contributed by atoms with Crippen LogP contribution in [0.25, 0.3) is 10.9 Å². The molecular weight excluding hydrogens is 484 g/mol. The van der Waals surface area contributed by atoms with E-state index in [0.717, 1.165) is 6.42 Å². The lowest BCUT2D eigenvalue weighted by Gasteiger charge is -2.26. The average Bonchev–Trinajstić information content (AvgIpc) is 3.26. The van der Waals surface area contributed by atoms with Gasteiger partial charge in [-0.05, 0) is 49.5 Å². The number of carbonyl (C=O) groups excluding carboxylic acids is 3. The Bertz CT molecular complexity index is 1510. The summed E-state index contributed by atoms with van der Waals surface area (Å²) in [6.07, 6.45) is 9.25. The SMILES string of the molecule is C=C/N=C(\C=C/C)C(=O)[C@@H]1C[C@@]2(C)C[C@H]2N1C(=O)Cn1nc(C(C)=O)c2cc(Nc3cccnn3)ncc21. The molecule has 3 atom stereocenters. The van der Waals surface area contributed by atoms with Gasteiger partial charge in [-0.15, -0.1) is 5.10 Å². The van der Waals surface area contributed by atoms with E-state index in [2.05, 4.69) is 44.1 Å². The smallest absolute Gasteiger partial charge is 0.245 e. The van der Waals surface area contributed by atoms with Crippen LogP contribution < -0.4 is 5.32 Å². The van der Waals surface area contributed by atoms with Gasteiger partial charge in [-0.1, -0.05) is 19.6 Å². The van der Waals surface area contributed by atoms with Gasteiger partial charge in [0.05, 0.1) is 17.8 Å². The molecule has 2 aliphatic rings. The zero-order chi connectivity index (χ0) is 27.0. The van der Waals surface area contributed by atoms with Gasteiger partial charge in [-0.25, -0.2) is 4.98 Å². The number of likely N-dealkylation sites (tertiary alicyclic amines) is 1. The number of Topliss-reactive ketones (excluding diaryl/α,β-unsaturated/α-hetero) is 2. The normalized spacial score (nSPS) is 22.5. The third-order valence-corrected chi connectivity index (χ3v) is 7.12. The number of carbonyl (C=O) groups is 3. The standard InChI is InChI=1S/C27H28N8O3/c1-5-8-18(28-6-2)26(38)19-12-27(4)13-21(27)35(19)24(37)15-34-20-14-29-23(31-22-9-7-10-30-32-22)11-17(20)25(33-34)16(3)36/h5-11,14,19,21H,2,12-13,15H2,1,3-4H3,(H,29,31,32)/b8-5-,28-18+/t19-,21+,27-/m0/s1. The summed E-state index contributed by atoms with van der Waals surface area (Å²) < 4.78 is 1.48. The predicted molar refractivity (Wildman–Crippen MR) is 142 cm³/mol. The number of fused-ring (bicyclic) bond motifs is 2. The number of piperidine rings is 1. The van der Waals surface area contributed by atoms with Gasteiger partial charge in [0.25, 0.3) is 0 Å². The van der Waals surface area contributed by atoms with Crippen molar-refractivity contribution in [2.24, 2.45) is 10.4 Å². The Hall–Kier alpha value is -4.54. The Labute approximate surface area is 219 Å². The molecule has 0 bridgehead atoms. The molecule has 0 radical (unpaired) electrons. The fraction of sp³-hybridized carbons (Fsp3) is 0.333. The largest absolute Gasteiger partial charge is 0.327 e. The number of hydrogen-bond acceptors (Lipinski definition) is 9. The molecule has 11 heteroatoms. The Morgan fingerprint density at radius 3 is 2.79 bits per heavy atom. The molecule has 0 unspecified atom stereocenters. The second kappa shape index (κ2) is 9.73. The number of ketones is 2. The highest BCUT2D eigenvalue weighted by Crippen LogP contribution is 2.59. The Morgan fingerprint density at radius 2 is 2.11 bits per heavy atom. The van der Waals surface area contributed by atoms with E-state index in [0.29, 0.717) is 29.0 Å². The van der Waals surface area contributed by atoms with Crippen LogP contribution in [0.15, 0.2) is 60.5 Å². The summed E-state index contributed by atoms with van der Waals surface area (Å²) in [4.78, 5) is 49.7. The molecule has 0 aromatic carbocycles. The van der Waals surface area contributed by atoms with Crippen LogP contribution in [0.1, 0.15) is 44.1 Å². The highest BCUT2D eigenvalue weighted by Gasteiger charge is 2.64. The van der Waals surface area contributed by atoms with E-state index in [1.165, 1.54) is 17.8 Å². The van der Waals surface area contributed by atoms with E-state index < -0.39 is 6.04 Å². The summed E-state index contributed by atoms with van der Waals surface area (Å²) in [6.45, 7) is 8.80. The van der Waals surface area contributed by atoms with E-state index in [9.17, 15) is 14.4 Å². The highest BCUT2D eigenvalue weighted by molar-refractivity contribution is 6.46. The number of nitrogens with zero attached hydrogens (tertiary/aromatic N) is 7. The molecule has 1 N–H and O–H groups in total. The van der Waals surface area contributed by atoms with Gasteiger partial charge < -0.3 is 10.2 Å². The first kappa shape index (κ1) is 25.1. The average molecular weight is 513 g/mol. The number of aromatic nitrogens is 5. The predicted octanol–water partition coefficient (Wildman–Crippen LogP) is 3.28. The number of anilines is 2. The monoisotopic (exact) mass is 512 g/mol.